The van der Waals surface area contributed by atoms with Crippen LogP contribution in [0, 0.1) is 0 Å². The molecule has 20 heavy (non-hydrogen) atoms. The standard InChI is InChI=1S/C14H19NO4S/c1-2-3-9-20(19)12-6-4-5-11(10-12)13(16)7-8-15-14(17)18/h4-6,10,15H,2-3,7-9H2,1H3,(H,17,18). The van der Waals surface area contributed by atoms with E-state index in [-0.39, 0.29) is 18.7 Å². The molecule has 1 aromatic carbocycles. The average molecular weight is 297 g/mol. The number of Topliss-reactive ketones (excluding diaryl/α,β-unsaturated/α-hetero) is 1. The Bertz CT molecular complexity index is 502. The molecule has 0 aliphatic carbocycles. The Balaban J connectivity index is 2.64. The summed E-state index contributed by atoms with van der Waals surface area (Å²) in [5.41, 5.74) is 0.472. The number of amides is 1. The monoisotopic (exact) mass is 297 g/mol. The summed E-state index contributed by atoms with van der Waals surface area (Å²) >= 11 is 0. The molecule has 1 aromatic rings. The molecule has 1 amide bonds. The fourth-order valence-corrected chi connectivity index (χ4v) is 2.91. The SMILES string of the molecule is CCCCS(=O)c1cccc(C(=O)CCNC(=O)O)c1. The van der Waals surface area contributed by atoms with Gasteiger partial charge >= 0.3 is 6.09 Å². The zero-order valence-electron chi connectivity index (χ0n) is 11.4. The number of unbranched alkanes of at least 4 members (excludes halogenated alkanes) is 1. The van der Waals surface area contributed by atoms with Crippen LogP contribution >= 0.6 is 0 Å². The van der Waals surface area contributed by atoms with Crippen molar-refractivity contribution in [1.82, 2.24) is 5.32 Å². The molecule has 0 spiro atoms. The van der Waals surface area contributed by atoms with E-state index in [4.69, 9.17) is 5.11 Å². The molecular weight excluding hydrogens is 278 g/mol. The third kappa shape index (κ3) is 5.52. The van der Waals surface area contributed by atoms with E-state index in [1.807, 2.05) is 6.92 Å². The summed E-state index contributed by atoms with van der Waals surface area (Å²) < 4.78 is 12.0. The second-order valence-electron chi connectivity index (χ2n) is 4.34. The van der Waals surface area contributed by atoms with Crippen molar-refractivity contribution in [3.8, 4) is 0 Å². The van der Waals surface area contributed by atoms with Crippen molar-refractivity contribution in [2.24, 2.45) is 0 Å². The van der Waals surface area contributed by atoms with Gasteiger partial charge in [-0.05, 0) is 18.6 Å². The van der Waals surface area contributed by atoms with Crippen LogP contribution in [0.3, 0.4) is 0 Å². The second kappa shape index (κ2) is 8.47. The Morgan fingerprint density at radius 3 is 2.75 bits per heavy atom. The number of rotatable bonds is 8. The maximum Gasteiger partial charge on any atom is 0.404 e. The van der Waals surface area contributed by atoms with Gasteiger partial charge in [0.25, 0.3) is 0 Å². The minimum atomic E-state index is -1.15. The largest absolute Gasteiger partial charge is 0.465 e. The summed E-state index contributed by atoms with van der Waals surface area (Å²) in [7, 11) is -1.09. The lowest BCUT2D eigenvalue weighted by atomic mass is 10.1. The highest BCUT2D eigenvalue weighted by Gasteiger charge is 2.09. The molecular formula is C14H19NO4S. The van der Waals surface area contributed by atoms with Crippen LogP contribution in [0.1, 0.15) is 36.5 Å². The fraction of sp³-hybridized carbons (Fsp3) is 0.429. The van der Waals surface area contributed by atoms with E-state index in [0.717, 1.165) is 12.8 Å². The van der Waals surface area contributed by atoms with Crippen LogP contribution in [0.25, 0.3) is 0 Å². The van der Waals surface area contributed by atoms with Crippen molar-refractivity contribution in [2.75, 3.05) is 12.3 Å². The number of benzene rings is 1. The summed E-state index contributed by atoms with van der Waals surface area (Å²) in [6.07, 6.45) is 0.808. The third-order valence-corrected chi connectivity index (χ3v) is 4.17. The van der Waals surface area contributed by atoms with Crippen molar-refractivity contribution in [3.63, 3.8) is 0 Å². The van der Waals surface area contributed by atoms with Crippen molar-refractivity contribution in [3.05, 3.63) is 29.8 Å². The van der Waals surface area contributed by atoms with Crippen LogP contribution in [0.2, 0.25) is 0 Å². The zero-order valence-corrected chi connectivity index (χ0v) is 12.2. The smallest absolute Gasteiger partial charge is 0.404 e. The first kappa shape index (κ1) is 16.4. The summed E-state index contributed by atoms with van der Waals surface area (Å²) in [5.74, 6) is 0.433. The third-order valence-electron chi connectivity index (χ3n) is 2.73. The van der Waals surface area contributed by atoms with Gasteiger partial charge in [0.1, 0.15) is 0 Å². The highest BCUT2D eigenvalue weighted by Crippen LogP contribution is 2.13. The Kier molecular flexibility index (Phi) is 6.93. The predicted molar refractivity (Wildman–Crippen MR) is 77.6 cm³/mol. The van der Waals surface area contributed by atoms with Gasteiger partial charge in [-0.1, -0.05) is 25.5 Å². The van der Waals surface area contributed by atoms with Gasteiger partial charge in [0.2, 0.25) is 0 Å². The van der Waals surface area contributed by atoms with Crippen molar-refractivity contribution in [1.29, 1.82) is 0 Å². The molecule has 0 aliphatic rings. The molecule has 0 fully saturated rings. The summed E-state index contributed by atoms with van der Waals surface area (Å²) in [6.45, 7) is 2.11. The maximum atomic E-state index is 12.0. The highest BCUT2D eigenvalue weighted by molar-refractivity contribution is 7.85. The summed E-state index contributed by atoms with van der Waals surface area (Å²) in [4.78, 5) is 22.8. The van der Waals surface area contributed by atoms with Gasteiger partial charge < -0.3 is 10.4 Å². The fourth-order valence-electron chi connectivity index (χ4n) is 1.63. The molecule has 0 heterocycles. The normalized spacial score (nSPS) is 11.8. The number of carboxylic acid groups (broad SMARTS) is 1. The van der Waals surface area contributed by atoms with Crippen molar-refractivity contribution in [2.45, 2.75) is 31.1 Å². The average Bonchev–Trinajstić information content (AvgIpc) is 2.44. The number of hydrogen-bond donors (Lipinski definition) is 2. The predicted octanol–water partition coefficient (Wildman–Crippen LogP) is 2.43. The Labute approximate surface area is 120 Å². The summed E-state index contributed by atoms with van der Waals surface area (Å²) in [5, 5.41) is 10.6. The van der Waals surface area contributed by atoms with Crippen LogP contribution in [0.5, 0.6) is 0 Å². The van der Waals surface area contributed by atoms with Crippen LogP contribution in [0.4, 0.5) is 4.79 Å². The van der Waals surface area contributed by atoms with E-state index in [9.17, 15) is 13.8 Å². The van der Waals surface area contributed by atoms with E-state index in [1.54, 1.807) is 24.3 Å². The molecule has 0 aliphatic heterocycles. The van der Waals surface area contributed by atoms with E-state index >= 15 is 0 Å². The highest BCUT2D eigenvalue weighted by atomic mass is 32.2. The Morgan fingerprint density at radius 1 is 1.35 bits per heavy atom. The van der Waals surface area contributed by atoms with E-state index in [0.29, 0.717) is 16.2 Å². The van der Waals surface area contributed by atoms with Gasteiger partial charge in [-0.25, -0.2) is 4.79 Å². The Hall–Kier alpha value is -1.69. The lowest BCUT2D eigenvalue weighted by Crippen LogP contribution is -2.23. The van der Waals surface area contributed by atoms with Gasteiger partial charge in [0.05, 0.1) is 10.8 Å². The van der Waals surface area contributed by atoms with E-state index in [2.05, 4.69) is 5.32 Å². The zero-order chi connectivity index (χ0) is 15.0. The van der Waals surface area contributed by atoms with E-state index in [1.165, 1.54) is 0 Å². The molecule has 1 atom stereocenters. The molecule has 2 N–H and O–H groups in total. The van der Waals surface area contributed by atoms with Crippen molar-refractivity contribution < 1.29 is 18.9 Å². The van der Waals surface area contributed by atoms with Gasteiger partial charge in [-0.2, -0.15) is 0 Å². The molecule has 1 rings (SSSR count). The molecule has 0 saturated carbocycles. The molecule has 0 radical (unpaired) electrons. The number of nitrogens with one attached hydrogen (secondary N) is 1. The molecule has 0 bridgehead atoms. The van der Waals surface area contributed by atoms with Crippen LogP contribution in [-0.4, -0.2) is 33.5 Å². The second-order valence-corrected chi connectivity index (χ2v) is 5.91. The first-order valence-corrected chi connectivity index (χ1v) is 7.85. The minimum absolute atomic E-state index is 0.0807. The van der Waals surface area contributed by atoms with Gasteiger partial charge in [0.15, 0.2) is 5.78 Å². The number of hydrogen-bond acceptors (Lipinski definition) is 3. The van der Waals surface area contributed by atoms with Crippen LogP contribution < -0.4 is 5.32 Å². The minimum Gasteiger partial charge on any atom is -0.465 e. The van der Waals surface area contributed by atoms with Crippen LogP contribution in [-0.2, 0) is 10.8 Å². The van der Waals surface area contributed by atoms with E-state index < -0.39 is 16.9 Å². The summed E-state index contributed by atoms with van der Waals surface area (Å²) in [6, 6.07) is 6.74. The molecule has 110 valence electrons. The number of carbonyl (C=O) groups is 2. The molecule has 1 unspecified atom stereocenters. The number of carbonyl (C=O) groups excluding carboxylic acids is 1. The maximum absolute atomic E-state index is 12.0. The Morgan fingerprint density at radius 2 is 2.10 bits per heavy atom. The first-order valence-electron chi connectivity index (χ1n) is 6.53. The van der Waals surface area contributed by atoms with Gasteiger partial charge in [-0.3, -0.25) is 9.00 Å². The molecule has 5 nitrogen and oxygen atoms in total. The lowest BCUT2D eigenvalue weighted by molar-refractivity contribution is 0.0982. The quantitative estimate of drug-likeness (QED) is 0.722. The molecule has 0 saturated heterocycles. The topological polar surface area (TPSA) is 83.5 Å². The first-order chi connectivity index (χ1) is 9.54. The number of ketones is 1. The van der Waals surface area contributed by atoms with Gasteiger partial charge in [0, 0.05) is 29.2 Å². The van der Waals surface area contributed by atoms with Gasteiger partial charge in [-0.15, -0.1) is 0 Å². The molecule has 6 heteroatoms. The molecule has 0 aromatic heterocycles. The lowest BCUT2D eigenvalue weighted by Gasteiger charge is -2.05. The van der Waals surface area contributed by atoms with Crippen molar-refractivity contribution >= 4 is 22.7 Å². The van der Waals surface area contributed by atoms with Crippen LogP contribution in [0.15, 0.2) is 29.2 Å².